The van der Waals surface area contributed by atoms with Gasteiger partial charge < -0.3 is 0 Å². The number of alkyl halides is 1. The molecule has 0 heterocycles. The molecule has 6 heteroatoms. The lowest BCUT2D eigenvalue weighted by Gasteiger charge is -2.27. The van der Waals surface area contributed by atoms with Gasteiger partial charge >= 0.3 is 0 Å². The highest BCUT2D eigenvalue weighted by atomic mass is 35.5. The quantitative estimate of drug-likeness (QED) is 0.731. The number of rotatable bonds is 6. The predicted octanol–water partition coefficient (Wildman–Crippen LogP) is 4.13. The molecule has 0 fully saturated rings. The van der Waals surface area contributed by atoms with E-state index in [0.29, 0.717) is 11.6 Å². The van der Waals surface area contributed by atoms with E-state index in [1.165, 1.54) is 10.4 Å². The molecule has 3 nitrogen and oxygen atoms in total. The molecule has 20 heavy (non-hydrogen) atoms. The summed E-state index contributed by atoms with van der Waals surface area (Å²) in [4.78, 5) is 0.214. The molecule has 0 unspecified atom stereocenters. The third kappa shape index (κ3) is 4.10. The normalized spacial score (nSPS) is 12.7. The van der Waals surface area contributed by atoms with E-state index in [4.69, 9.17) is 23.2 Å². The average Bonchev–Trinajstić information content (AvgIpc) is 2.35. The Morgan fingerprint density at radius 1 is 1.20 bits per heavy atom. The van der Waals surface area contributed by atoms with E-state index in [1.807, 2.05) is 27.7 Å². The largest absolute Gasteiger partial charge is 0.243 e. The first-order valence-electron chi connectivity index (χ1n) is 6.56. The maximum atomic E-state index is 12.7. The van der Waals surface area contributed by atoms with Crippen LogP contribution in [0.5, 0.6) is 0 Å². The molecule has 0 bridgehead atoms. The molecule has 0 saturated heterocycles. The Kier molecular flexibility index (Phi) is 6.32. The van der Waals surface area contributed by atoms with Gasteiger partial charge in [-0.25, -0.2) is 8.42 Å². The van der Waals surface area contributed by atoms with Crippen LogP contribution in [0.4, 0.5) is 0 Å². The van der Waals surface area contributed by atoms with Crippen LogP contribution in [0.25, 0.3) is 0 Å². The minimum atomic E-state index is -3.54. The van der Waals surface area contributed by atoms with Crippen LogP contribution in [0.2, 0.25) is 5.02 Å². The maximum absolute atomic E-state index is 12.7. The summed E-state index contributed by atoms with van der Waals surface area (Å²) >= 11 is 11.8. The molecule has 0 aliphatic rings. The number of sulfonamides is 1. The van der Waals surface area contributed by atoms with Crippen LogP contribution in [-0.4, -0.2) is 25.3 Å². The van der Waals surface area contributed by atoms with Gasteiger partial charge in [0.2, 0.25) is 10.0 Å². The number of benzene rings is 1. The maximum Gasteiger partial charge on any atom is 0.243 e. The fraction of sp³-hybridized carbons (Fsp3) is 0.571. The molecule has 1 rings (SSSR count). The number of nitrogens with zero attached hydrogens (tertiary/aromatic N) is 1. The van der Waals surface area contributed by atoms with E-state index in [1.54, 1.807) is 12.1 Å². The molecule has 0 atom stereocenters. The molecule has 0 radical (unpaired) electrons. The Labute approximate surface area is 131 Å². The second-order valence-corrected chi connectivity index (χ2v) is 8.01. The highest BCUT2D eigenvalue weighted by Crippen LogP contribution is 2.26. The van der Waals surface area contributed by atoms with Gasteiger partial charge in [0.1, 0.15) is 0 Å². The molecule has 114 valence electrons. The van der Waals surface area contributed by atoms with Crippen LogP contribution in [0.15, 0.2) is 23.1 Å². The highest BCUT2D eigenvalue weighted by Gasteiger charge is 2.28. The molecular formula is C14H21Cl2NO2S. The molecule has 1 aromatic rings. The second kappa shape index (κ2) is 7.12. The first kappa shape index (κ1) is 17.8. The van der Waals surface area contributed by atoms with Crippen LogP contribution in [0.3, 0.4) is 0 Å². The van der Waals surface area contributed by atoms with Gasteiger partial charge in [0.05, 0.1) is 4.90 Å². The monoisotopic (exact) mass is 337 g/mol. The Bertz CT molecular complexity index is 556. The van der Waals surface area contributed by atoms with E-state index < -0.39 is 10.0 Å². The van der Waals surface area contributed by atoms with Crippen molar-refractivity contribution in [3.05, 3.63) is 28.8 Å². The number of hydrogen-bond donors (Lipinski definition) is 0. The zero-order chi connectivity index (χ0) is 15.5. The van der Waals surface area contributed by atoms with E-state index in [9.17, 15) is 8.42 Å². The molecule has 0 spiro atoms. The van der Waals surface area contributed by atoms with Crippen molar-refractivity contribution in [1.29, 1.82) is 0 Å². The summed E-state index contributed by atoms with van der Waals surface area (Å²) in [6.07, 6.45) is 0. The van der Waals surface area contributed by atoms with Crippen molar-refractivity contribution in [3.8, 4) is 0 Å². The third-order valence-corrected chi connectivity index (χ3v) is 5.57. The van der Waals surface area contributed by atoms with Crippen molar-refractivity contribution in [2.24, 2.45) is 5.92 Å². The Balaban J connectivity index is 3.23. The third-order valence-electron chi connectivity index (χ3n) is 2.90. The van der Waals surface area contributed by atoms with Crippen LogP contribution < -0.4 is 0 Å². The lowest BCUT2D eigenvalue weighted by molar-refractivity contribution is 0.319. The minimum absolute atomic E-state index is 0.103. The topological polar surface area (TPSA) is 37.4 Å². The standard InChI is InChI=1S/C14H21Cl2NO2S/c1-10(2)9-17(11(3)4)20(18,19)13-6-5-12(8-15)14(16)7-13/h5-7,10-11H,8-9H2,1-4H3. The van der Waals surface area contributed by atoms with Gasteiger partial charge in [-0.2, -0.15) is 4.31 Å². The van der Waals surface area contributed by atoms with Gasteiger partial charge in [0.25, 0.3) is 0 Å². The zero-order valence-electron chi connectivity index (χ0n) is 12.2. The van der Waals surface area contributed by atoms with Crippen LogP contribution in [0.1, 0.15) is 33.3 Å². The van der Waals surface area contributed by atoms with Gasteiger partial charge in [-0.3, -0.25) is 0 Å². The van der Waals surface area contributed by atoms with Crippen molar-refractivity contribution in [1.82, 2.24) is 4.31 Å². The molecular weight excluding hydrogens is 317 g/mol. The molecule has 0 saturated carbocycles. The molecule has 0 aromatic heterocycles. The summed E-state index contributed by atoms with van der Waals surface area (Å²) in [5.41, 5.74) is 0.729. The lowest BCUT2D eigenvalue weighted by Crippen LogP contribution is -2.39. The minimum Gasteiger partial charge on any atom is -0.207 e. The summed E-state index contributed by atoms with van der Waals surface area (Å²) in [6.45, 7) is 8.21. The SMILES string of the molecule is CC(C)CN(C(C)C)S(=O)(=O)c1ccc(CCl)c(Cl)c1. The molecule has 1 aromatic carbocycles. The van der Waals surface area contributed by atoms with E-state index in [2.05, 4.69) is 0 Å². The fourth-order valence-electron chi connectivity index (χ4n) is 1.88. The van der Waals surface area contributed by atoms with Crippen molar-refractivity contribution in [2.75, 3.05) is 6.54 Å². The fourth-order valence-corrected chi connectivity index (χ4v) is 4.32. The summed E-state index contributed by atoms with van der Waals surface area (Å²) in [7, 11) is -3.54. The van der Waals surface area contributed by atoms with Gasteiger partial charge in [-0.1, -0.05) is 31.5 Å². The smallest absolute Gasteiger partial charge is 0.207 e. The predicted molar refractivity (Wildman–Crippen MR) is 84.9 cm³/mol. The van der Waals surface area contributed by atoms with Crippen molar-refractivity contribution in [2.45, 2.75) is 44.5 Å². The molecule has 0 aliphatic heterocycles. The Morgan fingerprint density at radius 2 is 1.80 bits per heavy atom. The van der Waals surface area contributed by atoms with Gasteiger partial charge in [0, 0.05) is 23.5 Å². The second-order valence-electron chi connectivity index (χ2n) is 5.45. The average molecular weight is 338 g/mol. The highest BCUT2D eigenvalue weighted by molar-refractivity contribution is 7.89. The van der Waals surface area contributed by atoms with Gasteiger partial charge in [-0.15, -0.1) is 11.6 Å². The summed E-state index contributed by atoms with van der Waals surface area (Å²) in [5.74, 6) is 0.517. The summed E-state index contributed by atoms with van der Waals surface area (Å²) in [6, 6.07) is 4.60. The first-order valence-corrected chi connectivity index (χ1v) is 8.91. The van der Waals surface area contributed by atoms with E-state index in [-0.39, 0.29) is 22.7 Å². The van der Waals surface area contributed by atoms with Crippen LogP contribution in [-0.2, 0) is 15.9 Å². The van der Waals surface area contributed by atoms with Crippen LogP contribution >= 0.6 is 23.2 Å². The van der Waals surface area contributed by atoms with Crippen LogP contribution in [0, 0.1) is 5.92 Å². The van der Waals surface area contributed by atoms with Crippen molar-refractivity contribution < 1.29 is 8.42 Å². The number of hydrogen-bond acceptors (Lipinski definition) is 2. The Hall–Kier alpha value is -0.290. The summed E-state index contributed by atoms with van der Waals surface area (Å²) < 4.78 is 26.9. The van der Waals surface area contributed by atoms with E-state index >= 15 is 0 Å². The first-order chi connectivity index (χ1) is 9.20. The Morgan fingerprint density at radius 3 is 2.20 bits per heavy atom. The molecule has 0 N–H and O–H groups in total. The van der Waals surface area contributed by atoms with Gasteiger partial charge in [0.15, 0.2) is 0 Å². The summed E-state index contributed by atoms with van der Waals surface area (Å²) in [5, 5.41) is 0.384. The molecule has 0 amide bonds. The number of halogens is 2. The van der Waals surface area contributed by atoms with Gasteiger partial charge in [-0.05, 0) is 37.5 Å². The zero-order valence-corrected chi connectivity index (χ0v) is 14.6. The molecule has 0 aliphatic carbocycles. The lowest BCUT2D eigenvalue weighted by atomic mass is 10.2. The van der Waals surface area contributed by atoms with Crippen molar-refractivity contribution in [3.63, 3.8) is 0 Å². The van der Waals surface area contributed by atoms with Crippen molar-refractivity contribution >= 4 is 33.2 Å². The van der Waals surface area contributed by atoms with E-state index in [0.717, 1.165) is 5.56 Å².